The van der Waals surface area contributed by atoms with Gasteiger partial charge < -0.3 is 0 Å². The van der Waals surface area contributed by atoms with E-state index >= 15 is 0 Å². The summed E-state index contributed by atoms with van der Waals surface area (Å²) in [5.74, 6) is -0.152. The summed E-state index contributed by atoms with van der Waals surface area (Å²) in [5, 5.41) is 0. The van der Waals surface area contributed by atoms with E-state index in [0.717, 1.165) is 11.1 Å². The molecule has 2 heterocycles. The molecule has 1 aromatic carbocycles. The lowest BCUT2D eigenvalue weighted by Gasteiger charge is -2.27. The number of fused-ring (bicyclic) bond motifs is 1. The van der Waals surface area contributed by atoms with Crippen LogP contribution in [0.4, 0.5) is 0 Å². The number of carbonyl (C=O) groups is 2. The molecule has 0 spiro atoms. The summed E-state index contributed by atoms with van der Waals surface area (Å²) < 4.78 is 0. The molecule has 1 unspecified atom stereocenters. The predicted octanol–water partition coefficient (Wildman–Crippen LogP) is 2.60. The molecule has 0 aliphatic carbocycles. The predicted molar refractivity (Wildman–Crippen MR) is 89.7 cm³/mol. The van der Waals surface area contributed by atoms with E-state index in [-0.39, 0.29) is 11.6 Å². The molecule has 0 radical (unpaired) electrons. The first-order valence-corrected chi connectivity index (χ1v) is 7.44. The van der Waals surface area contributed by atoms with Crippen molar-refractivity contribution in [1.29, 1.82) is 0 Å². The maximum atomic E-state index is 12.5. The lowest BCUT2D eigenvalue weighted by molar-refractivity contribution is -0.119. The highest BCUT2D eigenvalue weighted by molar-refractivity contribution is 6.47. The molecule has 1 aromatic rings. The van der Waals surface area contributed by atoms with Crippen molar-refractivity contribution in [2.45, 2.75) is 26.8 Å². The third-order valence-electron chi connectivity index (χ3n) is 3.97. The van der Waals surface area contributed by atoms with Crippen molar-refractivity contribution in [1.82, 2.24) is 4.90 Å². The Labute approximate surface area is 134 Å². The molecule has 0 aromatic heterocycles. The smallest absolute Gasteiger partial charge is 0.267 e. The van der Waals surface area contributed by atoms with Crippen LogP contribution < -0.4 is 0 Å². The van der Waals surface area contributed by atoms with Gasteiger partial charge in [-0.25, -0.2) is 4.99 Å². The third-order valence-corrected chi connectivity index (χ3v) is 3.97. The van der Waals surface area contributed by atoms with Crippen molar-refractivity contribution in [2.75, 3.05) is 0 Å². The highest BCUT2D eigenvalue weighted by Crippen LogP contribution is 2.16. The van der Waals surface area contributed by atoms with Gasteiger partial charge in [0.05, 0.1) is 6.04 Å². The zero-order valence-corrected chi connectivity index (χ0v) is 13.3. The van der Waals surface area contributed by atoms with Gasteiger partial charge in [0, 0.05) is 11.8 Å². The number of amides is 2. The fraction of sp³-hybridized carbons (Fsp3) is 0.222. The van der Waals surface area contributed by atoms with E-state index in [9.17, 15) is 9.59 Å². The molecule has 0 saturated carbocycles. The first kappa shape index (κ1) is 15.1. The van der Waals surface area contributed by atoms with Gasteiger partial charge in [-0.15, -0.1) is 0 Å². The van der Waals surface area contributed by atoms with E-state index < -0.39 is 11.9 Å². The van der Waals surface area contributed by atoms with Crippen LogP contribution in [0.25, 0.3) is 0 Å². The van der Waals surface area contributed by atoms with Gasteiger partial charge in [0.15, 0.2) is 0 Å². The number of aryl methyl sites for hydroxylation is 2. The molecule has 116 valence electrons. The lowest BCUT2D eigenvalue weighted by Crippen LogP contribution is -2.46. The normalized spacial score (nSPS) is 21.4. The molecule has 2 amide bonds. The quantitative estimate of drug-likeness (QED) is 0.800. The minimum absolute atomic E-state index is 0.164. The number of hydrogen-bond donors (Lipinski definition) is 0. The highest BCUT2D eigenvalue weighted by Gasteiger charge is 2.32. The molecule has 0 bridgehead atoms. The molecule has 1 atom stereocenters. The number of carbonyl (C=O) groups excluding carboxylic acids is 2. The van der Waals surface area contributed by atoms with Crippen LogP contribution in [0.5, 0.6) is 0 Å². The summed E-state index contributed by atoms with van der Waals surface area (Å²) in [6, 6.07) is 4.95. The number of aliphatic imine (C=N–C) groups is 2. The Morgan fingerprint density at radius 1 is 1.22 bits per heavy atom. The number of benzene rings is 1. The van der Waals surface area contributed by atoms with Gasteiger partial charge in [-0.3, -0.25) is 19.5 Å². The molecule has 3 rings (SSSR count). The molecular formula is C18H17N3O2. The van der Waals surface area contributed by atoms with Crippen LogP contribution in [0.3, 0.4) is 0 Å². The second kappa shape index (κ2) is 5.76. The molecule has 0 saturated heterocycles. The molecular weight excluding hydrogens is 290 g/mol. The highest BCUT2D eigenvalue weighted by atomic mass is 16.2. The minimum atomic E-state index is -0.444. The summed E-state index contributed by atoms with van der Waals surface area (Å²) in [5.41, 5.74) is 2.76. The summed E-state index contributed by atoms with van der Waals surface area (Å²) in [6.45, 7) is 5.69. The molecule has 23 heavy (non-hydrogen) atoms. The van der Waals surface area contributed by atoms with Crippen LogP contribution in [-0.2, 0) is 4.79 Å². The second-order valence-electron chi connectivity index (χ2n) is 5.64. The zero-order valence-electron chi connectivity index (χ0n) is 13.3. The average molecular weight is 307 g/mol. The van der Waals surface area contributed by atoms with E-state index in [2.05, 4.69) is 9.98 Å². The second-order valence-corrected chi connectivity index (χ2v) is 5.64. The largest absolute Gasteiger partial charge is 0.280 e. The number of nitrogens with zero attached hydrogens (tertiary/aromatic N) is 3. The Morgan fingerprint density at radius 3 is 2.74 bits per heavy atom. The number of allylic oxidation sites excluding steroid dienone is 2. The topological polar surface area (TPSA) is 62.1 Å². The Hall–Kier alpha value is -2.82. The Kier molecular flexibility index (Phi) is 3.78. The fourth-order valence-electron chi connectivity index (χ4n) is 2.46. The number of amidine groups is 1. The summed E-state index contributed by atoms with van der Waals surface area (Å²) in [4.78, 5) is 34.8. The van der Waals surface area contributed by atoms with Crippen molar-refractivity contribution < 1.29 is 9.59 Å². The summed E-state index contributed by atoms with van der Waals surface area (Å²) in [7, 11) is 0. The fourth-order valence-corrected chi connectivity index (χ4v) is 2.46. The van der Waals surface area contributed by atoms with Crippen molar-refractivity contribution in [3.8, 4) is 0 Å². The van der Waals surface area contributed by atoms with Crippen LogP contribution in [0.2, 0.25) is 0 Å². The molecule has 2 aliphatic rings. The molecule has 0 N–H and O–H groups in total. The monoisotopic (exact) mass is 307 g/mol. The van der Waals surface area contributed by atoms with Crippen LogP contribution >= 0.6 is 0 Å². The molecule has 0 fully saturated rings. The van der Waals surface area contributed by atoms with E-state index in [0.29, 0.717) is 11.4 Å². The minimum Gasteiger partial charge on any atom is -0.267 e. The summed E-state index contributed by atoms with van der Waals surface area (Å²) >= 11 is 0. The van der Waals surface area contributed by atoms with Gasteiger partial charge in [0.1, 0.15) is 11.5 Å². The van der Waals surface area contributed by atoms with Crippen LogP contribution in [0.1, 0.15) is 28.4 Å². The first-order valence-electron chi connectivity index (χ1n) is 7.44. The van der Waals surface area contributed by atoms with Crippen LogP contribution in [0.15, 0.2) is 52.6 Å². The van der Waals surface area contributed by atoms with E-state index in [1.807, 2.05) is 26.0 Å². The van der Waals surface area contributed by atoms with Gasteiger partial charge in [-0.1, -0.05) is 12.1 Å². The maximum Gasteiger partial charge on any atom is 0.280 e. The number of rotatable bonds is 1. The first-order chi connectivity index (χ1) is 11.0. The van der Waals surface area contributed by atoms with Crippen LogP contribution in [0, 0.1) is 13.8 Å². The van der Waals surface area contributed by atoms with Crippen LogP contribution in [-0.4, -0.2) is 34.3 Å². The van der Waals surface area contributed by atoms with Gasteiger partial charge in [-0.2, -0.15) is 0 Å². The average Bonchev–Trinajstić information content (AvgIpc) is 2.54. The lowest BCUT2D eigenvalue weighted by atomic mass is 10.1. The van der Waals surface area contributed by atoms with Gasteiger partial charge in [-0.05, 0) is 56.2 Å². The van der Waals surface area contributed by atoms with Crippen molar-refractivity contribution >= 4 is 23.4 Å². The Bertz CT molecular complexity index is 816. The Morgan fingerprint density at radius 2 is 2.00 bits per heavy atom. The zero-order chi connectivity index (χ0) is 16.6. The molecule has 5 nitrogen and oxygen atoms in total. The third kappa shape index (κ3) is 2.77. The van der Waals surface area contributed by atoms with Crippen molar-refractivity contribution in [3.05, 3.63) is 59.3 Å². The number of hydrogen-bond acceptors (Lipinski definition) is 3. The van der Waals surface area contributed by atoms with Gasteiger partial charge in [0.2, 0.25) is 0 Å². The SMILES string of the molecule is Cc1ccc(C(=O)N=C2C(=O)N3C=CC=CC3=NC2C)cc1C. The van der Waals surface area contributed by atoms with E-state index in [1.54, 1.807) is 37.4 Å². The van der Waals surface area contributed by atoms with Gasteiger partial charge in [0.25, 0.3) is 11.8 Å². The van der Waals surface area contributed by atoms with Crippen molar-refractivity contribution in [2.24, 2.45) is 9.98 Å². The maximum absolute atomic E-state index is 12.5. The van der Waals surface area contributed by atoms with E-state index in [1.165, 1.54) is 4.90 Å². The molecule has 2 aliphatic heterocycles. The standard InChI is InChI=1S/C18H17N3O2/c1-11-7-8-14(10-12(11)2)17(22)20-16-13(3)19-15-6-4-5-9-21(15)18(16)23/h4-10,13H,1-3H3. The van der Waals surface area contributed by atoms with Gasteiger partial charge >= 0.3 is 0 Å². The van der Waals surface area contributed by atoms with E-state index in [4.69, 9.17) is 0 Å². The molecule has 5 heteroatoms. The summed E-state index contributed by atoms with van der Waals surface area (Å²) in [6.07, 6.45) is 6.95. The van der Waals surface area contributed by atoms with Crippen molar-refractivity contribution in [3.63, 3.8) is 0 Å². The Balaban J connectivity index is 1.95.